The molecule has 25 heavy (non-hydrogen) atoms. The third kappa shape index (κ3) is 5.11. The molecular formula is C18H23NO5S. The lowest BCUT2D eigenvalue weighted by Gasteiger charge is -2.12. The van der Waals surface area contributed by atoms with Crippen molar-refractivity contribution in [2.45, 2.75) is 18.7 Å². The van der Waals surface area contributed by atoms with Crippen molar-refractivity contribution in [3.8, 4) is 17.2 Å². The first-order valence-corrected chi connectivity index (χ1v) is 9.27. The fourth-order valence-electron chi connectivity index (χ4n) is 2.43. The summed E-state index contributed by atoms with van der Waals surface area (Å²) in [5.41, 5.74) is 2.20. The van der Waals surface area contributed by atoms with Gasteiger partial charge in [-0.05, 0) is 49.2 Å². The van der Waals surface area contributed by atoms with Crippen LogP contribution in [0.1, 0.15) is 11.1 Å². The van der Waals surface area contributed by atoms with E-state index in [4.69, 9.17) is 14.2 Å². The summed E-state index contributed by atoms with van der Waals surface area (Å²) in [6.07, 6.45) is 0. The van der Waals surface area contributed by atoms with Gasteiger partial charge in [-0.15, -0.1) is 0 Å². The number of hydrogen-bond acceptors (Lipinski definition) is 5. The molecule has 0 spiro atoms. The molecule has 0 aromatic heterocycles. The Morgan fingerprint density at radius 3 is 2.16 bits per heavy atom. The van der Waals surface area contributed by atoms with Gasteiger partial charge in [0.05, 0.1) is 19.1 Å². The highest BCUT2D eigenvalue weighted by molar-refractivity contribution is 7.89. The quantitative estimate of drug-likeness (QED) is 0.728. The first kappa shape index (κ1) is 19.1. The highest BCUT2D eigenvalue weighted by Gasteiger charge is 2.16. The van der Waals surface area contributed by atoms with Gasteiger partial charge in [-0.25, -0.2) is 13.1 Å². The Balaban J connectivity index is 1.97. The molecule has 2 aromatic rings. The lowest BCUT2D eigenvalue weighted by molar-refractivity contribution is 0.322. The van der Waals surface area contributed by atoms with Gasteiger partial charge in [0.15, 0.2) is 11.5 Å². The summed E-state index contributed by atoms with van der Waals surface area (Å²) >= 11 is 0. The molecule has 0 saturated heterocycles. The summed E-state index contributed by atoms with van der Waals surface area (Å²) in [6.45, 7) is 4.36. The van der Waals surface area contributed by atoms with E-state index in [2.05, 4.69) is 4.72 Å². The zero-order valence-electron chi connectivity index (χ0n) is 14.8. The summed E-state index contributed by atoms with van der Waals surface area (Å²) in [7, 11) is -0.702. The van der Waals surface area contributed by atoms with Crippen LogP contribution in [0.25, 0.3) is 0 Å². The second-order valence-corrected chi connectivity index (χ2v) is 7.35. The number of rotatable bonds is 8. The molecule has 2 aromatic carbocycles. The molecule has 0 unspecified atom stereocenters. The van der Waals surface area contributed by atoms with E-state index in [-0.39, 0.29) is 18.0 Å². The maximum Gasteiger partial charge on any atom is 0.240 e. The molecule has 0 bridgehead atoms. The van der Waals surface area contributed by atoms with E-state index in [0.29, 0.717) is 11.5 Å². The summed E-state index contributed by atoms with van der Waals surface area (Å²) in [4.78, 5) is 0.108. The molecule has 0 aliphatic rings. The molecule has 136 valence electrons. The number of hydrogen-bond donors (Lipinski definition) is 1. The van der Waals surface area contributed by atoms with Crippen molar-refractivity contribution in [1.82, 2.24) is 4.72 Å². The highest BCUT2D eigenvalue weighted by Crippen LogP contribution is 2.29. The number of sulfonamides is 1. The largest absolute Gasteiger partial charge is 0.493 e. The first-order chi connectivity index (χ1) is 11.9. The third-order valence-corrected chi connectivity index (χ3v) is 4.98. The van der Waals surface area contributed by atoms with Gasteiger partial charge in [0, 0.05) is 12.6 Å². The van der Waals surface area contributed by atoms with Crippen LogP contribution in [0.4, 0.5) is 0 Å². The smallest absolute Gasteiger partial charge is 0.240 e. The molecule has 6 nitrogen and oxygen atoms in total. The molecule has 0 heterocycles. The number of nitrogens with one attached hydrogen (secondary N) is 1. The summed E-state index contributed by atoms with van der Waals surface area (Å²) < 4.78 is 43.1. The minimum Gasteiger partial charge on any atom is -0.493 e. The monoisotopic (exact) mass is 365 g/mol. The van der Waals surface area contributed by atoms with Crippen molar-refractivity contribution in [1.29, 1.82) is 0 Å². The van der Waals surface area contributed by atoms with Crippen molar-refractivity contribution in [2.24, 2.45) is 0 Å². The maximum atomic E-state index is 12.4. The van der Waals surface area contributed by atoms with Gasteiger partial charge in [0.1, 0.15) is 12.4 Å². The van der Waals surface area contributed by atoms with Crippen LogP contribution in [0.3, 0.4) is 0 Å². The molecule has 2 rings (SSSR count). The average molecular weight is 365 g/mol. The Morgan fingerprint density at radius 1 is 0.920 bits per heavy atom. The number of benzene rings is 2. The number of methoxy groups -OCH3 is 2. The van der Waals surface area contributed by atoms with E-state index >= 15 is 0 Å². The van der Waals surface area contributed by atoms with Crippen LogP contribution in [0.2, 0.25) is 0 Å². The number of aryl methyl sites for hydroxylation is 2. The van der Waals surface area contributed by atoms with E-state index in [1.165, 1.54) is 26.4 Å². The Labute approximate surface area is 148 Å². The second kappa shape index (κ2) is 8.22. The lowest BCUT2D eigenvalue weighted by Crippen LogP contribution is -2.28. The van der Waals surface area contributed by atoms with Crippen LogP contribution in [0.15, 0.2) is 41.3 Å². The molecule has 0 aliphatic heterocycles. The van der Waals surface area contributed by atoms with E-state index in [0.717, 1.165) is 16.9 Å². The van der Waals surface area contributed by atoms with Crippen molar-refractivity contribution >= 4 is 10.0 Å². The van der Waals surface area contributed by atoms with Crippen LogP contribution in [0, 0.1) is 13.8 Å². The van der Waals surface area contributed by atoms with Crippen LogP contribution in [-0.4, -0.2) is 35.8 Å². The predicted molar refractivity (Wildman–Crippen MR) is 96.1 cm³/mol. The van der Waals surface area contributed by atoms with Crippen molar-refractivity contribution < 1.29 is 22.6 Å². The van der Waals surface area contributed by atoms with Gasteiger partial charge in [-0.1, -0.05) is 6.07 Å². The van der Waals surface area contributed by atoms with Gasteiger partial charge in [-0.2, -0.15) is 0 Å². The first-order valence-electron chi connectivity index (χ1n) is 7.78. The minimum atomic E-state index is -3.65. The van der Waals surface area contributed by atoms with E-state index < -0.39 is 10.0 Å². The van der Waals surface area contributed by atoms with Crippen LogP contribution in [-0.2, 0) is 10.0 Å². The summed E-state index contributed by atoms with van der Waals surface area (Å²) in [5, 5.41) is 0. The highest BCUT2D eigenvalue weighted by atomic mass is 32.2. The molecule has 0 saturated carbocycles. The van der Waals surface area contributed by atoms with Crippen molar-refractivity contribution in [2.75, 3.05) is 27.4 Å². The summed E-state index contributed by atoms with van der Waals surface area (Å²) in [6, 6.07) is 10.3. The number of ether oxygens (including phenoxy) is 3. The van der Waals surface area contributed by atoms with Crippen LogP contribution < -0.4 is 18.9 Å². The standard InChI is InChI=1S/C18H23NO5S/c1-13-9-14(2)11-15(10-13)24-8-7-19-25(20,21)16-5-6-17(22-3)18(12-16)23-4/h5-6,9-12,19H,7-8H2,1-4H3. The van der Waals surface area contributed by atoms with Crippen molar-refractivity contribution in [3.63, 3.8) is 0 Å². The molecule has 1 N–H and O–H groups in total. The Morgan fingerprint density at radius 2 is 1.56 bits per heavy atom. The second-order valence-electron chi connectivity index (χ2n) is 5.59. The average Bonchev–Trinajstić information content (AvgIpc) is 2.57. The zero-order chi connectivity index (χ0) is 18.4. The molecule has 0 aliphatic carbocycles. The lowest BCUT2D eigenvalue weighted by atomic mass is 10.1. The van der Waals surface area contributed by atoms with Crippen LogP contribution >= 0.6 is 0 Å². The SMILES string of the molecule is COc1ccc(S(=O)(=O)NCCOc2cc(C)cc(C)c2)cc1OC. The fraction of sp³-hybridized carbons (Fsp3) is 0.333. The third-order valence-electron chi connectivity index (χ3n) is 3.52. The molecular weight excluding hydrogens is 342 g/mol. The minimum absolute atomic E-state index is 0.108. The van der Waals surface area contributed by atoms with Crippen molar-refractivity contribution in [3.05, 3.63) is 47.5 Å². The zero-order valence-corrected chi connectivity index (χ0v) is 15.6. The molecule has 0 radical (unpaired) electrons. The Hall–Kier alpha value is -2.25. The maximum absolute atomic E-state index is 12.4. The van der Waals surface area contributed by atoms with Gasteiger partial charge >= 0.3 is 0 Å². The Kier molecular flexibility index (Phi) is 6.27. The fourth-order valence-corrected chi connectivity index (χ4v) is 3.46. The van der Waals surface area contributed by atoms with Gasteiger partial charge in [0.25, 0.3) is 0 Å². The van der Waals surface area contributed by atoms with Crippen LogP contribution in [0.5, 0.6) is 17.2 Å². The van der Waals surface area contributed by atoms with E-state index in [1.807, 2.05) is 32.0 Å². The van der Waals surface area contributed by atoms with E-state index in [9.17, 15) is 8.42 Å². The molecule has 0 amide bonds. The predicted octanol–water partition coefficient (Wildman–Crippen LogP) is 2.68. The Bertz CT molecular complexity index is 813. The molecule has 0 atom stereocenters. The van der Waals surface area contributed by atoms with Gasteiger partial charge in [-0.3, -0.25) is 0 Å². The summed E-state index contributed by atoms with van der Waals surface area (Å²) in [5.74, 6) is 1.55. The van der Waals surface area contributed by atoms with Gasteiger partial charge < -0.3 is 14.2 Å². The van der Waals surface area contributed by atoms with E-state index in [1.54, 1.807) is 6.07 Å². The molecule has 7 heteroatoms. The van der Waals surface area contributed by atoms with Gasteiger partial charge in [0.2, 0.25) is 10.0 Å². The topological polar surface area (TPSA) is 73.9 Å². The normalized spacial score (nSPS) is 11.2. The molecule has 0 fully saturated rings.